The van der Waals surface area contributed by atoms with Gasteiger partial charge in [-0.3, -0.25) is 0 Å². The summed E-state index contributed by atoms with van der Waals surface area (Å²) in [5.41, 5.74) is 9.81. The van der Waals surface area contributed by atoms with Crippen LogP contribution in [0.25, 0.3) is 0 Å². The van der Waals surface area contributed by atoms with Gasteiger partial charge in [-0.25, -0.2) is 0 Å². The second kappa shape index (κ2) is 4.51. The molecular weight excluding hydrogens is 234 g/mol. The van der Waals surface area contributed by atoms with Gasteiger partial charge < -0.3 is 10.5 Å². The molecular formula is C14H20ClNO. The lowest BCUT2D eigenvalue weighted by atomic mass is 9.84. The van der Waals surface area contributed by atoms with Crippen molar-refractivity contribution in [2.75, 3.05) is 7.11 Å². The van der Waals surface area contributed by atoms with Gasteiger partial charge in [0.05, 0.1) is 12.1 Å². The van der Waals surface area contributed by atoms with Gasteiger partial charge in [0.25, 0.3) is 0 Å². The number of benzene rings is 1. The summed E-state index contributed by atoms with van der Waals surface area (Å²) < 4.78 is 5.48. The fourth-order valence-corrected chi connectivity index (χ4v) is 3.24. The molecule has 0 atom stereocenters. The number of aryl methyl sites for hydroxylation is 1. The highest BCUT2D eigenvalue weighted by Gasteiger charge is 2.36. The maximum atomic E-state index is 6.56. The molecule has 2 rings (SSSR count). The number of nitrogens with two attached hydrogens (primary N) is 1. The summed E-state index contributed by atoms with van der Waals surface area (Å²) in [7, 11) is 1.66. The minimum atomic E-state index is -0.259. The largest absolute Gasteiger partial charge is 0.495 e. The molecule has 0 spiro atoms. The molecule has 1 aromatic rings. The van der Waals surface area contributed by atoms with Crippen molar-refractivity contribution in [1.29, 1.82) is 0 Å². The van der Waals surface area contributed by atoms with Gasteiger partial charge in [0, 0.05) is 11.1 Å². The summed E-state index contributed by atoms with van der Waals surface area (Å²) in [6, 6.07) is 1.96. The van der Waals surface area contributed by atoms with Gasteiger partial charge in [0.2, 0.25) is 0 Å². The van der Waals surface area contributed by atoms with Gasteiger partial charge in [-0.2, -0.15) is 0 Å². The molecule has 0 heterocycles. The highest BCUT2D eigenvalue weighted by atomic mass is 35.5. The fourth-order valence-electron chi connectivity index (χ4n) is 2.91. The molecule has 0 aromatic heterocycles. The molecule has 0 bridgehead atoms. The third-order valence-electron chi connectivity index (χ3n) is 3.95. The van der Waals surface area contributed by atoms with Crippen LogP contribution in [-0.2, 0) is 5.54 Å². The minimum absolute atomic E-state index is 0.259. The summed E-state index contributed by atoms with van der Waals surface area (Å²) in [5.74, 6) is 0.763. The van der Waals surface area contributed by atoms with Crippen molar-refractivity contribution in [3.05, 3.63) is 27.8 Å². The number of ether oxygens (including phenoxy) is 1. The molecule has 17 heavy (non-hydrogen) atoms. The minimum Gasteiger partial charge on any atom is -0.495 e. The van der Waals surface area contributed by atoms with Gasteiger partial charge in [-0.1, -0.05) is 24.4 Å². The molecule has 2 N–H and O–H groups in total. The van der Waals surface area contributed by atoms with E-state index in [0.717, 1.165) is 24.2 Å². The Bertz CT molecular complexity index is 436. The van der Waals surface area contributed by atoms with E-state index in [1.807, 2.05) is 6.07 Å². The third kappa shape index (κ3) is 2.04. The van der Waals surface area contributed by atoms with Crippen molar-refractivity contribution in [1.82, 2.24) is 0 Å². The van der Waals surface area contributed by atoms with Crippen molar-refractivity contribution < 1.29 is 4.74 Å². The first-order valence-corrected chi connectivity index (χ1v) is 6.50. The summed E-state index contributed by atoms with van der Waals surface area (Å²) in [5, 5.41) is 0.669. The van der Waals surface area contributed by atoms with Crippen LogP contribution in [0.2, 0.25) is 5.02 Å². The normalized spacial score (nSPS) is 18.4. The van der Waals surface area contributed by atoms with Crippen LogP contribution in [0, 0.1) is 13.8 Å². The lowest BCUT2D eigenvalue weighted by Gasteiger charge is -2.29. The molecule has 1 saturated carbocycles. The standard InChI is InChI=1S/C14H20ClNO/c1-9-8-11(15)13(17-3)12(10(9)2)14(16)6-4-5-7-14/h8H,4-7,16H2,1-3H3. The molecule has 0 amide bonds. The zero-order valence-electron chi connectivity index (χ0n) is 10.8. The first kappa shape index (κ1) is 12.7. The topological polar surface area (TPSA) is 35.2 Å². The molecule has 0 unspecified atom stereocenters. The molecule has 1 aliphatic carbocycles. The number of rotatable bonds is 2. The zero-order valence-corrected chi connectivity index (χ0v) is 11.5. The Morgan fingerprint density at radius 2 is 1.88 bits per heavy atom. The van der Waals surface area contributed by atoms with Crippen molar-refractivity contribution in [3.63, 3.8) is 0 Å². The Morgan fingerprint density at radius 3 is 2.41 bits per heavy atom. The summed E-state index contributed by atoms with van der Waals surface area (Å²) in [6.45, 7) is 4.18. The zero-order chi connectivity index (χ0) is 12.6. The summed E-state index contributed by atoms with van der Waals surface area (Å²) in [4.78, 5) is 0. The molecule has 94 valence electrons. The molecule has 1 fully saturated rings. The quantitative estimate of drug-likeness (QED) is 0.872. The Hall–Kier alpha value is -0.730. The SMILES string of the molecule is COc1c(Cl)cc(C)c(C)c1C1(N)CCCC1. The molecule has 2 nitrogen and oxygen atoms in total. The van der Waals surface area contributed by atoms with E-state index in [1.165, 1.54) is 24.0 Å². The molecule has 0 aliphatic heterocycles. The monoisotopic (exact) mass is 253 g/mol. The predicted octanol–water partition coefficient (Wildman–Crippen LogP) is 3.69. The van der Waals surface area contributed by atoms with Gasteiger partial charge in [0.15, 0.2) is 0 Å². The van der Waals surface area contributed by atoms with E-state index in [4.69, 9.17) is 22.1 Å². The van der Waals surface area contributed by atoms with E-state index in [1.54, 1.807) is 7.11 Å². The highest BCUT2D eigenvalue weighted by Crippen LogP contribution is 2.45. The summed E-state index contributed by atoms with van der Waals surface area (Å²) >= 11 is 6.27. The number of halogens is 1. The average Bonchev–Trinajstić information content (AvgIpc) is 2.71. The summed E-state index contributed by atoms with van der Waals surface area (Å²) in [6.07, 6.45) is 4.41. The van der Waals surface area contributed by atoms with Crippen LogP contribution in [0.5, 0.6) is 5.75 Å². The van der Waals surface area contributed by atoms with Crippen LogP contribution < -0.4 is 10.5 Å². The van der Waals surface area contributed by atoms with Crippen LogP contribution in [0.4, 0.5) is 0 Å². The van der Waals surface area contributed by atoms with Crippen LogP contribution in [-0.4, -0.2) is 7.11 Å². The number of methoxy groups -OCH3 is 1. The Labute approximate surface area is 108 Å². The van der Waals surface area contributed by atoms with Crippen LogP contribution >= 0.6 is 11.6 Å². The number of hydrogen-bond donors (Lipinski definition) is 1. The van der Waals surface area contributed by atoms with Crippen molar-refractivity contribution in [2.24, 2.45) is 5.73 Å². The van der Waals surface area contributed by atoms with Crippen molar-refractivity contribution in [3.8, 4) is 5.75 Å². The fraction of sp³-hybridized carbons (Fsp3) is 0.571. The molecule has 3 heteroatoms. The van der Waals surface area contributed by atoms with Crippen LogP contribution in [0.1, 0.15) is 42.4 Å². The predicted molar refractivity (Wildman–Crippen MR) is 71.8 cm³/mol. The lowest BCUT2D eigenvalue weighted by Crippen LogP contribution is -2.34. The Morgan fingerprint density at radius 1 is 1.29 bits per heavy atom. The van der Waals surface area contributed by atoms with E-state index < -0.39 is 0 Å². The van der Waals surface area contributed by atoms with Gasteiger partial charge in [0.1, 0.15) is 5.75 Å². The van der Waals surface area contributed by atoms with Crippen molar-refractivity contribution >= 4 is 11.6 Å². The van der Waals surface area contributed by atoms with Gasteiger partial charge in [-0.05, 0) is 43.9 Å². The second-order valence-corrected chi connectivity index (χ2v) is 5.48. The molecule has 1 aromatic carbocycles. The molecule has 1 aliphatic rings. The van der Waals surface area contributed by atoms with Gasteiger partial charge in [-0.15, -0.1) is 0 Å². The van der Waals surface area contributed by atoms with Crippen LogP contribution in [0.15, 0.2) is 6.07 Å². The highest BCUT2D eigenvalue weighted by molar-refractivity contribution is 6.32. The maximum Gasteiger partial charge on any atom is 0.142 e. The smallest absolute Gasteiger partial charge is 0.142 e. The van der Waals surface area contributed by atoms with Crippen LogP contribution in [0.3, 0.4) is 0 Å². The first-order chi connectivity index (χ1) is 7.99. The Kier molecular flexibility index (Phi) is 3.37. The van der Waals surface area contributed by atoms with Gasteiger partial charge >= 0.3 is 0 Å². The Balaban J connectivity index is 2.65. The van der Waals surface area contributed by atoms with E-state index in [9.17, 15) is 0 Å². The van der Waals surface area contributed by atoms with E-state index in [0.29, 0.717) is 5.02 Å². The van der Waals surface area contributed by atoms with E-state index in [-0.39, 0.29) is 5.54 Å². The third-order valence-corrected chi connectivity index (χ3v) is 4.23. The molecule has 0 saturated heterocycles. The van der Waals surface area contributed by atoms with E-state index in [2.05, 4.69) is 13.8 Å². The maximum absolute atomic E-state index is 6.56. The van der Waals surface area contributed by atoms with Crippen molar-refractivity contribution in [2.45, 2.75) is 45.1 Å². The number of hydrogen-bond acceptors (Lipinski definition) is 2. The van der Waals surface area contributed by atoms with E-state index >= 15 is 0 Å². The second-order valence-electron chi connectivity index (χ2n) is 5.07. The molecule has 0 radical (unpaired) electrons. The lowest BCUT2D eigenvalue weighted by molar-refractivity contribution is 0.378. The average molecular weight is 254 g/mol. The first-order valence-electron chi connectivity index (χ1n) is 6.12.